The van der Waals surface area contributed by atoms with E-state index in [2.05, 4.69) is 20.7 Å². The van der Waals surface area contributed by atoms with Crippen molar-refractivity contribution in [3.63, 3.8) is 0 Å². The summed E-state index contributed by atoms with van der Waals surface area (Å²) in [4.78, 5) is 26.4. The summed E-state index contributed by atoms with van der Waals surface area (Å²) in [5, 5.41) is 20.9. The summed E-state index contributed by atoms with van der Waals surface area (Å²) < 4.78 is 1.50. The van der Waals surface area contributed by atoms with E-state index in [1.807, 2.05) is 0 Å². The first-order valence-electron chi connectivity index (χ1n) is 7.45. The van der Waals surface area contributed by atoms with Crippen molar-refractivity contribution in [1.29, 1.82) is 0 Å². The molecule has 10 heteroatoms. The van der Waals surface area contributed by atoms with Crippen molar-refractivity contribution in [3.8, 4) is 5.69 Å². The van der Waals surface area contributed by atoms with Crippen molar-refractivity contribution >= 4 is 34.6 Å². The number of aromatic nitrogens is 3. The molecule has 3 aromatic rings. The van der Waals surface area contributed by atoms with Crippen LogP contribution in [-0.4, -0.2) is 32.1 Å². The number of anilines is 2. The summed E-state index contributed by atoms with van der Waals surface area (Å²) in [5.74, 6) is -0.347. The summed E-state index contributed by atoms with van der Waals surface area (Å²) >= 11 is 6.01. The van der Waals surface area contributed by atoms with Crippen molar-refractivity contribution in [2.24, 2.45) is 0 Å². The fraction of sp³-hybridized carbons (Fsp3) is 0.0625. The predicted octanol–water partition coefficient (Wildman–Crippen LogP) is 2.88. The number of hydrogen-bond acceptors (Lipinski definition) is 6. The molecule has 2 N–H and O–H groups in total. The normalized spacial score (nSPS) is 10.3. The van der Waals surface area contributed by atoms with Crippen LogP contribution in [0.25, 0.3) is 5.69 Å². The lowest BCUT2D eigenvalue weighted by molar-refractivity contribution is -0.384. The first-order chi connectivity index (χ1) is 12.5. The van der Waals surface area contributed by atoms with E-state index in [-0.39, 0.29) is 18.1 Å². The van der Waals surface area contributed by atoms with Crippen molar-refractivity contribution < 1.29 is 9.72 Å². The maximum atomic E-state index is 12.2. The topological polar surface area (TPSA) is 115 Å². The van der Waals surface area contributed by atoms with Crippen LogP contribution in [0.5, 0.6) is 0 Å². The Morgan fingerprint density at radius 2 is 2.12 bits per heavy atom. The number of nitro benzene ring substituents is 1. The highest BCUT2D eigenvalue weighted by Gasteiger charge is 2.11. The van der Waals surface area contributed by atoms with Crippen molar-refractivity contribution in [2.45, 2.75) is 0 Å². The largest absolute Gasteiger partial charge is 0.376 e. The number of carbonyl (C=O) groups is 1. The van der Waals surface area contributed by atoms with E-state index >= 15 is 0 Å². The molecule has 0 fully saturated rings. The van der Waals surface area contributed by atoms with Gasteiger partial charge in [-0.1, -0.05) is 17.7 Å². The molecule has 0 atom stereocenters. The molecular weight excluding hydrogens is 360 g/mol. The van der Waals surface area contributed by atoms with Gasteiger partial charge in [-0.15, -0.1) is 0 Å². The van der Waals surface area contributed by atoms with Gasteiger partial charge < -0.3 is 10.6 Å². The number of carbonyl (C=O) groups excluding carboxylic acids is 1. The van der Waals surface area contributed by atoms with Crippen LogP contribution in [0, 0.1) is 10.1 Å². The number of nitrogens with one attached hydrogen (secondary N) is 2. The molecule has 2 aromatic carbocycles. The minimum absolute atomic E-state index is 0.0567. The number of nitrogens with zero attached hydrogens (tertiary/aromatic N) is 4. The summed E-state index contributed by atoms with van der Waals surface area (Å²) in [6.07, 6.45) is 2.88. The fourth-order valence-corrected chi connectivity index (χ4v) is 2.42. The highest BCUT2D eigenvalue weighted by molar-refractivity contribution is 6.31. The van der Waals surface area contributed by atoms with Gasteiger partial charge in [0, 0.05) is 22.8 Å². The molecule has 1 heterocycles. The Kier molecular flexibility index (Phi) is 5.09. The molecule has 3 rings (SSSR count). The Hall–Kier alpha value is -3.46. The smallest absolute Gasteiger partial charge is 0.271 e. The second kappa shape index (κ2) is 7.62. The van der Waals surface area contributed by atoms with Crippen LogP contribution in [0.2, 0.25) is 5.02 Å². The Morgan fingerprint density at radius 3 is 2.85 bits per heavy atom. The van der Waals surface area contributed by atoms with Gasteiger partial charge in [-0.05, 0) is 24.3 Å². The Balaban J connectivity index is 1.70. The first kappa shape index (κ1) is 17.4. The van der Waals surface area contributed by atoms with Crippen molar-refractivity contribution in [1.82, 2.24) is 14.8 Å². The van der Waals surface area contributed by atoms with Crippen LogP contribution in [0.1, 0.15) is 0 Å². The number of nitro groups is 1. The standard InChI is InChI=1S/C16H13ClN6O3/c17-11-4-5-15(22-10-18-9-20-22)14(6-11)21-16(24)8-19-12-2-1-3-13(7-12)23(25)26/h1-7,9-10,19H,8H2,(H,21,24). The third kappa shape index (κ3) is 4.14. The number of rotatable bonds is 6. The molecule has 0 saturated heterocycles. The van der Waals surface area contributed by atoms with E-state index < -0.39 is 4.92 Å². The van der Waals surface area contributed by atoms with Gasteiger partial charge in [0.25, 0.3) is 5.69 Å². The van der Waals surface area contributed by atoms with Crippen molar-refractivity contribution in [3.05, 3.63) is 70.3 Å². The molecule has 0 saturated carbocycles. The van der Waals surface area contributed by atoms with Crippen LogP contribution >= 0.6 is 11.6 Å². The number of hydrogen-bond donors (Lipinski definition) is 2. The fourth-order valence-electron chi connectivity index (χ4n) is 2.25. The lowest BCUT2D eigenvalue weighted by Crippen LogP contribution is -2.22. The maximum absolute atomic E-state index is 12.2. The zero-order valence-corrected chi connectivity index (χ0v) is 14.1. The Labute approximate surface area is 152 Å². The summed E-state index contributed by atoms with van der Waals surface area (Å²) in [7, 11) is 0. The minimum atomic E-state index is -0.498. The monoisotopic (exact) mass is 372 g/mol. The number of non-ortho nitro benzene ring substituents is 1. The third-order valence-electron chi connectivity index (χ3n) is 3.41. The van der Waals surface area contributed by atoms with Gasteiger partial charge in [-0.3, -0.25) is 14.9 Å². The zero-order chi connectivity index (χ0) is 18.5. The second-order valence-corrected chi connectivity index (χ2v) is 5.65. The molecular formula is C16H13ClN6O3. The van der Waals surface area contributed by atoms with E-state index in [1.165, 1.54) is 35.5 Å². The zero-order valence-electron chi connectivity index (χ0n) is 13.3. The molecule has 132 valence electrons. The molecule has 1 aromatic heterocycles. The van der Waals surface area contributed by atoms with Gasteiger partial charge in [0.05, 0.1) is 22.8 Å². The molecule has 0 spiro atoms. The van der Waals surface area contributed by atoms with Gasteiger partial charge in [0.1, 0.15) is 12.7 Å². The summed E-state index contributed by atoms with van der Waals surface area (Å²) in [6.45, 7) is -0.0789. The summed E-state index contributed by atoms with van der Waals surface area (Å²) in [6, 6.07) is 10.9. The van der Waals surface area contributed by atoms with Crippen LogP contribution in [0.3, 0.4) is 0 Å². The lowest BCUT2D eigenvalue weighted by atomic mass is 10.2. The molecule has 1 amide bonds. The lowest BCUT2D eigenvalue weighted by Gasteiger charge is -2.12. The van der Waals surface area contributed by atoms with E-state index in [0.717, 1.165) is 0 Å². The van der Waals surface area contributed by atoms with E-state index in [4.69, 9.17) is 11.6 Å². The third-order valence-corrected chi connectivity index (χ3v) is 3.64. The second-order valence-electron chi connectivity index (χ2n) is 5.21. The average Bonchev–Trinajstić information content (AvgIpc) is 3.15. The molecule has 0 aliphatic heterocycles. The molecule has 26 heavy (non-hydrogen) atoms. The highest BCUT2D eigenvalue weighted by atomic mass is 35.5. The van der Waals surface area contributed by atoms with Crippen LogP contribution < -0.4 is 10.6 Å². The molecule has 0 aliphatic carbocycles. The van der Waals surface area contributed by atoms with E-state index in [0.29, 0.717) is 22.1 Å². The maximum Gasteiger partial charge on any atom is 0.271 e. The highest BCUT2D eigenvalue weighted by Crippen LogP contribution is 2.24. The van der Waals surface area contributed by atoms with Crippen LogP contribution in [0.4, 0.5) is 17.1 Å². The SMILES string of the molecule is O=C(CNc1cccc([N+](=O)[O-])c1)Nc1cc(Cl)ccc1-n1cncn1. The number of benzene rings is 2. The molecule has 0 unspecified atom stereocenters. The quantitative estimate of drug-likeness (QED) is 0.507. The Morgan fingerprint density at radius 1 is 1.27 bits per heavy atom. The van der Waals surface area contributed by atoms with Gasteiger partial charge in [0.15, 0.2) is 0 Å². The van der Waals surface area contributed by atoms with E-state index in [9.17, 15) is 14.9 Å². The number of halogens is 1. The molecule has 0 radical (unpaired) electrons. The van der Waals surface area contributed by atoms with Crippen LogP contribution in [-0.2, 0) is 4.79 Å². The Bertz CT molecular complexity index is 945. The molecule has 0 aliphatic rings. The van der Waals surface area contributed by atoms with Gasteiger partial charge in [-0.2, -0.15) is 5.10 Å². The predicted molar refractivity (Wildman–Crippen MR) is 96.6 cm³/mol. The van der Waals surface area contributed by atoms with Gasteiger partial charge >= 0.3 is 0 Å². The molecule has 0 bridgehead atoms. The first-order valence-corrected chi connectivity index (χ1v) is 7.83. The average molecular weight is 373 g/mol. The van der Waals surface area contributed by atoms with Crippen molar-refractivity contribution in [2.75, 3.05) is 17.2 Å². The molecule has 9 nitrogen and oxygen atoms in total. The van der Waals surface area contributed by atoms with Gasteiger partial charge in [-0.25, -0.2) is 9.67 Å². The van der Waals surface area contributed by atoms with Gasteiger partial charge in [0.2, 0.25) is 5.91 Å². The van der Waals surface area contributed by atoms with Crippen LogP contribution in [0.15, 0.2) is 55.1 Å². The number of amides is 1. The minimum Gasteiger partial charge on any atom is -0.376 e. The summed E-state index contributed by atoms with van der Waals surface area (Å²) in [5.41, 5.74) is 1.49. The van der Waals surface area contributed by atoms with E-state index in [1.54, 1.807) is 24.3 Å².